The van der Waals surface area contributed by atoms with E-state index in [9.17, 15) is 4.39 Å². The minimum atomic E-state index is -0.175. The molecule has 0 saturated carbocycles. The molecule has 2 aromatic carbocycles. The normalized spacial score (nSPS) is 20.3. The van der Waals surface area contributed by atoms with Crippen molar-refractivity contribution in [1.82, 2.24) is 0 Å². The predicted octanol–water partition coefficient (Wildman–Crippen LogP) is 4.84. The van der Waals surface area contributed by atoms with E-state index >= 15 is 0 Å². The molecule has 0 unspecified atom stereocenters. The van der Waals surface area contributed by atoms with Gasteiger partial charge in [-0.05, 0) is 49.1 Å². The topological polar surface area (TPSA) is 33.6 Å². The molecule has 3 nitrogen and oxygen atoms in total. The fraction of sp³-hybridized carbons (Fsp3) is 0.350. The molecular formula is C20H20ClFN2O. The lowest BCUT2D eigenvalue weighted by Crippen LogP contribution is -2.46. The molecule has 1 spiro atoms. The summed E-state index contributed by atoms with van der Waals surface area (Å²) in [4.78, 5) is 4.87. The minimum Gasteiger partial charge on any atom is -0.381 e. The van der Waals surface area contributed by atoms with Crippen LogP contribution in [0.4, 0.5) is 10.1 Å². The van der Waals surface area contributed by atoms with Gasteiger partial charge in [-0.25, -0.2) is 4.39 Å². The summed E-state index contributed by atoms with van der Waals surface area (Å²) in [5, 5.41) is 4.12. The van der Waals surface area contributed by atoms with Gasteiger partial charge < -0.3 is 10.1 Å². The van der Waals surface area contributed by atoms with Crippen LogP contribution in [0, 0.1) is 11.2 Å². The first-order valence-corrected chi connectivity index (χ1v) is 8.96. The molecule has 2 aliphatic rings. The van der Waals surface area contributed by atoms with Crippen molar-refractivity contribution in [2.75, 3.05) is 18.5 Å². The van der Waals surface area contributed by atoms with E-state index in [0.717, 1.165) is 35.5 Å². The minimum absolute atomic E-state index is 0.148. The lowest BCUT2D eigenvalue weighted by atomic mass is 9.71. The number of hydrogen-bond acceptors (Lipinski definition) is 2. The van der Waals surface area contributed by atoms with Crippen LogP contribution in [0.5, 0.6) is 0 Å². The number of aliphatic imine (C=N–C) groups is 1. The lowest BCUT2D eigenvalue weighted by molar-refractivity contribution is 0.0445. The Morgan fingerprint density at radius 2 is 1.96 bits per heavy atom. The number of benzene rings is 2. The van der Waals surface area contributed by atoms with Crippen LogP contribution in [0.3, 0.4) is 0 Å². The van der Waals surface area contributed by atoms with Crippen LogP contribution >= 0.6 is 11.6 Å². The first kappa shape index (κ1) is 16.6. The Bertz CT molecular complexity index is 815. The molecule has 2 aliphatic heterocycles. The molecule has 4 rings (SSSR count). The van der Waals surface area contributed by atoms with Gasteiger partial charge in [0.25, 0.3) is 0 Å². The van der Waals surface area contributed by atoms with Crippen LogP contribution in [0.2, 0.25) is 5.02 Å². The van der Waals surface area contributed by atoms with Crippen LogP contribution in [-0.4, -0.2) is 19.0 Å². The molecule has 1 fully saturated rings. The second-order valence-electron chi connectivity index (χ2n) is 6.76. The van der Waals surface area contributed by atoms with Crippen molar-refractivity contribution < 1.29 is 9.13 Å². The van der Waals surface area contributed by atoms with Gasteiger partial charge in [-0.3, -0.25) is 4.99 Å². The van der Waals surface area contributed by atoms with Gasteiger partial charge in [0.1, 0.15) is 11.7 Å². The highest BCUT2D eigenvalue weighted by atomic mass is 35.5. The highest BCUT2D eigenvalue weighted by molar-refractivity contribution is 6.30. The van der Waals surface area contributed by atoms with Crippen LogP contribution < -0.4 is 5.32 Å². The molecule has 2 heterocycles. The Balaban J connectivity index is 1.69. The molecule has 1 saturated heterocycles. The molecule has 0 atom stereocenters. The Morgan fingerprint density at radius 3 is 2.76 bits per heavy atom. The van der Waals surface area contributed by atoms with Crippen molar-refractivity contribution in [3.63, 3.8) is 0 Å². The quantitative estimate of drug-likeness (QED) is 0.833. The Hall–Kier alpha value is -1.91. The number of nitrogens with one attached hydrogen (secondary N) is 1. The van der Waals surface area contributed by atoms with E-state index in [1.54, 1.807) is 6.07 Å². The summed E-state index contributed by atoms with van der Waals surface area (Å²) in [6, 6.07) is 12.9. The van der Waals surface area contributed by atoms with E-state index in [-0.39, 0.29) is 11.2 Å². The molecule has 0 radical (unpaired) electrons. The summed E-state index contributed by atoms with van der Waals surface area (Å²) in [6.07, 6.45) is 2.37. The second kappa shape index (κ2) is 6.77. The average molecular weight is 359 g/mol. The van der Waals surface area contributed by atoms with E-state index in [1.807, 2.05) is 30.3 Å². The maximum absolute atomic E-state index is 14.3. The fourth-order valence-electron chi connectivity index (χ4n) is 3.73. The van der Waals surface area contributed by atoms with Gasteiger partial charge in [0, 0.05) is 34.9 Å². The fourth-order valence-corrected chi connectivity index (χ4v) is 3.94. The Labute approximate surface area is 151 Å². The second-order valence-corrected chi connectivity index (χ2v) is 7.19. The molecule has 2 aromatic rings. The van der Waals surface area contributed by atoms with Crippen molar-refractivity contribution in [1.29, 1.82) is 0 Å². The number of ether oxygens (including phenoxy) is 1. The van der Waals surface area contributed by atoms with Crippen LogP contribution in [0.25, 0.3) is 0 Å². The van der Waals surface area contributed by atoms with Gasteiger partial charge in [-0.2, -0.15) is 0 Å². The van der Waals surface area contributed by atoms with Crippen molar-refractivity contribution >= 4 is 23.1 Å². The third-order valence-corrected chi connectivity index (χ3v) is 5.38. The van der Waals surface area contributed by atoms with Gasteiger partial charge in [0.2, 0.25) is 0 Å². The summed E-state index contributed by atoms with van der Waals surface area (Å²) < 4.78 is 19.9. The number of nitrogens with zero attached hydrogens (tertiary/aromatic N) is 1. The Morgan fingerprint density at radius 1 is 1.16 bits per heavy atom. The first-order chi connectivity index (χ1) is 12.2. The number of amidine groups is 1. The van der Waals surface area contributed by atoms with E-state index in [4.69, 9.17) is 21.3 Å². The number of hydrogen-bond donors (Lipinski definition) is 1. The highest BCUT2D eigenvalue weighted by Gasteiger charge is 2.42. The van der Waals surface area contributed by atoms with E-state index in [0.29, 0.717) is 31.2 Å². The zero-order valence-electron chi connectivity index (χ0n) is 13.9. The standard InChI is InChI=1S/C20H20ClFN2O/c21-15-4-1-3-14(11-15)13-23-19-20(7-9-25-10-8-20)12-16-17(22)5-2-6-18(16)24-19/h1-6,11H,7-10,12-13H2,(H,23,24). The largest absolute Gasteiger partial charge is 0.381 e. The molecule has 0 aromatic heterocycles. The van der Waals surface area contributed by atoms with Crippen LogP contribution in [0.1, 0.15) is 24.0 Å². The number of fused-ring (bicyclic) bond motifs is 1. The van der Waals surface area contributed by atoms with Gasteiger partial charge in [-0.1, -0.05) is 29.8 Å². The number of anilines is 1. The molecule has 0 aliphatic carbocycles. The lowest BCUT2D eigenvalue weighted by Gasteiger charge is -2.42. The molecule has 130 valence electrons. The SMILES string of the molecule is Fc1cccc2c1CC1(CCOCC1)C(=NCc1cccc(Cl)c1)N2. The van der Waals surface area contributed by atoms with E-state index < -0.39 is 0 Å². The first-order valence-electron chi connectivity index (χ1n) is 8.58. The monoisotopic (exact) mass is 358 g/mol. The molecule has 25 heavy (non-hydrogen) atoms. The van der Waals surface area contributed by atoms with Crippen LogP contribution in [0.15, 0.2) is 47.5 Å². The average Bonchev–Trinajstić information content (AvgIpc) is 2.62. The van der Waals surface area contributed by atoms with Crippen molar-refractivity contribution in [3.05, 3.63) is 64.4 Å². The third-order valence-electron chi connectivity index (χ3n) is 5.15. The zero-order valence-corrected chi connectivity index (χ0v) is 14.7. The molecular weight excluding hydrogens is 339 g/mol. The van der Waals surface area contributed by atoms with Gasteiger partial charge in [-0.15, -0.1) is 0 Å². The van der Waals surface area contributed by atoms with Crippen LogP contribution in [-0.2, 0) is 17.7 Å². The van der Waals surface area contributed by atoms with E-state index in [1.165, 1.54) is 6.07 Å². The maximum atomic E-state index is 14.3. The zero-order chi connectivity index (χ0) is 17.3. The highest BCUT2D eigenvalue weighted by Crippen LogP contribution is 2.42. The van der Waals surface area contributed by atoms with Gasteiger partial charge >= 0.3 is 0 Å². The summed E-state index contributed by atoms with van der Waals surface area (Å²) in [5.74, 6) is 0.790. The number of rotatable bonds is 2. The Kier molecular flexibility index (Phi) is 4.48. The molecule has 5 heteroatoms. The maximum Gasteiger partial charge on any atom is 0.128 e. The third kappa shape index (κ3) is 3.29. The molecule has 1 N–H and O–H groups in total. The molecule has 0 amide bonds. The summed E-state index contributed by atoms with van der Waals surface area (Å²) in [5.41, 5.74) is 2.47. The van der Waals surface area contributed by atoms with Crippen molar-refractivity contribution in [2.45, 2.75) is 25.8 Å². The smallest absolute Gasteiger partial charge is 0.128 e. The summed E-state index contributed by atoms with van der Waals surface area (Å²) in [6.45, 7) is 1.92. The van der Waals surface area contributed by atoms with E-state index in [2.05, 4.69) is 5.32 Å². The summed E-state index contributed by atoms with van der Waals surface area (Å²) in [7, 11) is 0. The number of halogens is 2. The summed E-state index contributed by atoms with van der Waals surface area (Å²) >= 11 is 6.07. The van der Waals surface area contributed by atoms with Crippen molar-refractivity contribution in [2.24, 2.45) is 10.4 Å². The van der Waals surface area contributed by atoms with Gasteiger partial charge in [0.15, 0.2) is 0 Å². The van der Waals surface area contributed by atoms with Crippen molar-refractivity contribution in [3.8, 4) is 0 Å². The predicted molar refractivity (Wildman–Crippen MR) is 98.8 cm³/mol. The molecule has 0 bridgehead atoms. The van der Waals surface area contributed by atoms with Gasteiger partial charge in [0.05, 0.1) is 6.54 Å².